The van der Waals surface area contributed by atoms with Crippen LogP contribution in [0.5, 0.6) is 0 Å². The number of carbonyl (C=O) groups is 1. The number of amides is 1. The van der Waals surface area contributed by atoms with E-state index in [0.717, 1.165) is 0 Å². The van der Waals surface area contributed by atoms with Crippen molar-refractivity contribution in [2.45, 2.75) is 17.2 Å². The van der Waals surface area contributed by atoms with E-state index < -0.39 is 5.76 Å². The minimum Gasteiger partial charge on any atom is -0.324 e. The average Bonchev–Trinajstić information content (AvgIpc) is 2.51. The van der Waals surface area contributed by atoms with E-state index in [1.807, 2.05) is 0 Å². The maximum atomic E-state index is 13.6. The van der Waals surface area contributed by atoms with Crippen LogP contribution in [0.25, 0.3) is 0 Å². The third-order valence-electron chi connectivity index (χ3n) is 3.19. The van der Waals surface area contributed by atoms with Crippen molar-refractivity contribution < 1.29 is 18.0 Å². The second kappa shape index (κ2) is 8.75. The predicted octanol–water partition coefficient (Wildman–Crippen LogP) is 4.21. The molecule has 0 radical (unpaired) electrons. The lowest BCUT2D eigenvalue weighted by Gasteiger charge is -2.17. The highest BCUT2D eigenvalue weighted by atomic mass is 32.2. The smallest absolute Gasteiger partial charge is 0.288 e. The Kier molecular flexibility index (Phi) is 6.69. The van der Waals surface area contributed by atoms with E-state index >= 15 is 0 Å². The van der Waals surface area contributed by atoms with Crippen molar-refractivity contribution in [3.05, 3.63) is 59.9 Å². The molecule has 0 saturated heterocycles. The lowest BCUT2D eigenvalue weighted by molar-refractivity contribution is -0.117. The fourth-order valence-corrected chi connectivity index (χ4v) is 2.77. The molecule has 2 aromatic carbocycles. The number of hydrogen-bond donors (Lipinski definition) is 1. The summed E-state index contributed by atoms with van der Waals surface area (Å²) in [6, 6.07) is 12.7. The number of nitrogens with one attached hydrogen (secondary N) is 1. The number of halogens is 3. The fraction of sp³-hybridized carbons (Fsp3) is 0.235. The van der Waals surface area contributed by atoms with Crippen LogP contribution in [-0.2, 0) is 11.3 Å². The molecule has 0 heterocycles. The molecule has 3 nitrogen and oxygen atoms in total. The number of alkyl halides is 2. The van der Waals surface area contributed by atoms with E-state index in [9.17, 15) is 18.0 Å². The molecule has 0 bridgehead atoms. The summed E-state index contributed by atoms with van der Waals surface area (Å²) >= 11 is 0.379. The molecule has 0 aromatic heterocycles. The van der Waals surface area contributed by atoms with E-state index in [4.69, 9.17) is 0 Å². The Bertz CT molecular complexity index is 697. The molecule has 0 saturated carbocycles. The fourth-order valence-electron chi connectivity index (χ4n) is 2.18. The maximum Gasteiger partial charge on any atom is 0.288 e. The van der Waals surface area contributed by atoms with Gasteiger partial charge < -0.3 is 5.32 Å². The SMILES string of the molecule is CN(CC(=O)Nc1ccccc1SC(F)F)Cc1ccccc1F. The van der Waals surface area contributed by atoms with Gasteiger partial charge in [0, 0.05) is 17.0 Å². The molecule has 2 rings (SSSR count). The molecule has 1 N–H and O–H groups in total. The second-order valence-corrected chi connectivity index (χ2v) is 6.22. The minimum absolute atomic E-state index is 0.0159. The van der Waals surface area contributed by atoms with Crippen LogP contribution in [0.3, 0.4) is 0 Å². The Morgan fingerprint density at radius 3 is 2.54 bits per heavy atom. The lowest BCUT2D eigenvalue weighted by atomic mass is 10.2. The van der Waals surface area contributed by atoms with E-state index in [-0.39, 0.29) is 24.8 Å². The average molecular weight is 354 g/mol. The van der Waals surface area contributed by atoms with Crippen molar-refractivity contribution in [3.63, 3.8) is 0 Å². The van der Waals surface area contributed by atoms with Gasteiger partial charge in [-0.2, -0.15) is 8.78 Å². The van der Waals surface area contributed by atoms with Crippen LogP contribution < -0.4 is 5.32 Å². The van der Waals surface area contributed by atoms with Gasteiger partial charge in [-0.3, -0.25) is 9.69 Å². The number of thioether (sulfide) groups is 1. The van der Waals surface area contributed by atoms with E-state index in [1.54, 1.807) is 48.3 Å². The van der Waals surface area contributed by atoms with Crippen molar-refractivity contribution >= 4 is 23.4 Å². The first-order valence-corrected chi connectivity index (χ1v) is 8.09. The van der Waals surface area contributed by atoms with Gasteiger partial charge in [0.1, 0.15) is 5.82 Å². The molecule has 0 fully saturated rings. The van der Waals surface area contributed by atoms with Crippen LogP contribution in [0.1, 0.15) is 5.56 Å². The summed E-state index contributed by atoms with van der Waals surface area (Å²) in [4.78, 5) is 14.0. The molecule has 0 aliphatic rings. The van der Waals surface area contributed by atoms with Crippen molar-refractivity contribution in [1.82, 2.24) is 4.90 Å². The summed E-state index contributed by atoms with van der Waals surface area (Å²) in [5, 5.41) is 2.62. The largest absolute Gasteiger partial charge is 0.324 e. The van der Waals surface area contributed by atoms with Gasteiger partial charge in [-0.05, 0) is 25.2 Å². The quantitative estimate of drug-likeness (QED) is 0.756. The van der Waals surface area contributed by atoms with Gasteiger partial charge in [-0.15, -0.1) is 0 Å². The van der Waals surface area contributed by atoms with Crippen LogP contribution in [0, 0.1) is 5.82 Å². The van der Waals surface area contributed by atoms with Gasteiger partial charge >= 0.3 is 0 Å². The molecule has 1 amide bonds. The first-order valence-electron chi connectivity index (χ1n) is 7.21. The molecule has 2 aromatic rings. The van der Waals surface area contributed by atoms with Gasteiger partial charge in [-0.25, -0.2) is 4.39 Å². The van der Waals surface area contributed by atoms with Gasteiger partial charge in [0.25, 0.3) is 5.76 Å². The highest BCUT2D eigenvalue weighted by Gasteiger charge is 2.13. The Morgan fingerprint density at radius 2 is 1.83 bits per heavy atom. The van der Waals surface area contributed by atoms with Crippen molar-refractivity contribution in [1.29, 1.82) is 0 Å². The normalized spacial score (nSPS) is 11.1. The molecule has 7 heteroatoms. The van der Waals surface area contributed by atoms with E-state index in [2.05, 4.69) is 5.32 Å². The first-order chi connectivity index (χ1) is 11.5. The van der Waals surface area contributed by atoms with Crippen LogP contribution >= 0.6 is 11.8 Å². The number of rotatable bonds is 7. The summed E-state index contributed by atoms with van der Waals surface area (Å²) < 4.78 is 38.7. The third-order valence-corrected chi connectivity index (χ3v) is 3.98. The third kappa shape index (κ3) is 5.58. The van der Waals surface area contributed by atoms with Crippen LogP contribution in [0.15, 0.2) is 53.4 Å². The number of carbonyl (C=O) groups excluding carboxylic acids is 1. The van der Waals surface area contributed by atoms with Crippen molar-refractivity contribution in [3.8, 4) is 0 Å². The Morgan fingerprint density at radius 1 is 1.17 bits per heavy atom. The Labute approximate surface area is 142 Å². The molecule has 0 aliphatic heterocycles. The summed E-state index contributed by atoms with van der Waals surface area (Å²) in [6.45, 7) is 0.287. The van der Waals surface area contributed by atoms with Crippen LogP contribution in [-0.4, -0.2) is 30.2 Å². The molecule has 24 heavy (non-hydrogen) atoms. The Hall–Kier alpha value is -1.99. The zero-order chi connectivity index (χ0) is 17.5. The van der Waals surface area contributed by atoms with Crippen molar-refractivity contribution in [2.24, 2.45) is 0 Å². The lowest BCUT2D eigenvalue weighted by Crippen LogP contribution is -2.30. The van der Waals surface area contributed by atoms with Gasteiger partial charge in [0.15, 0.2) is 0 Å². The Balaban J connectivity index is 1.95. The second-order valence-electron chi connectivity index (χ2n) is 5.19. The van der Waals surface area contributed by atoms with Crippen LogP contribution in [0.4, 0.5) is 18.9 Å². The number of likely N-dealkylation sites (N-methyl/N-ethyl adjacent to an activating group) is 1. The molecule has 128 valence electrons. The maximum absolute atomic E-state index is 13.6. The van der Waals surface area contributed by atoms with E-state index in [0.29, 0.717) is 27.9 Å². The monoisotopic (exact) mass is 354 g/mol. The standard InChI is InChI=1S/C17H17F3N2OS/c1-22(10-12-6-2-3-7-13(12)18)11-16(23)21-14-8-4-5-9-15(14)24-17(19)20/h2-9,17H,10-11H2,1H3,(H,21,23). The highest BCUT2D eigenvalue weighted by Crippen LogP contribution is 2.31. The van der Waals surface area contributed by atoms with Gasteiger partial charge in [-0.1, -0.05) is 42.1 Å². The number of para-hydroxylation sites is 1. The molecule has 0 atom stereocenters. The number of anilines is 1. The van der Waals surface area contributed by atoms with E-state index in [1.165, 1.54) is 12.1 Å². The zero-order valence-electron chi connectivity index (χ0n) is 13.0. The molecule has 0 spiro atoms. The number of nitrogens with zero attached hydrogens (tertiary/aromatic N) is 1. The molecule has 0 aliphatic carbocycles. The van der Waals surface area contributed by atoms with Gasteiger partial charge in [0.2, 0.25) is 5.91 Å². The number of benzene rings is 2. The zero-order valence-corrected chi connectivity index (χ0v) is 13.8. The minimum atomic E-state index is -2.56. The summed E-state index contributed by atoms with van der Waals surface area (Å²) in [5.41, 5.74) is 0.827. The van der Waals surface area contributed by atoms with Gasteiger partial charge in [0.05, 0.1) is 12.2 Å². The summed E-state index contributed by atoms with van der Waals surface area (Å²) in [6.07, 6.45) is 0. The summed E-state index contributed by atoms with van der Waals surface area (Å²) in [7, 11) is 1.69. The van der Waals surface area contributed by atoms with Crippen molar-refractivity contribution in [2.75, 3.05) is 18.9 Å². The highest BCUT2D eigenvalue weighted by molar-refractivity contribution is 7.99. The topological polar surface area (TPSA) is 32.3 Å². The first kappa shape index (κ1) is 18.4. The molecular formula is C17H17F3N2OS. The molecular weight excluding hydrogens is 337 g/mol. The molecule has 0 unspecified atom stereocenters. The summed E-state index contributed by atoms with van der Waals surface area (Å²) in [5.74, 6) is -3.24. The predicted molar refractivity (Wildman–Crippen MR) is 89.7 cm³/mol. The number of hydrogen-bond acceptors (Lipinski definition) is 3. The van der Waals surface area contributed by atoms with Crippen LogP contribution in [0.2, 0.25) is 0 Å².